The Bertz CT molecular complexity index is 751. The van der Waals surface area contributed by atoms with Crippen molar-refractivity contribution in [3.63, 3.8) is 0 Å². The second-order valence-corrected chi connectivity index (χ2v) is 4.29. The summed E-state index contributed by atoms with van der Waals surface area (Å²) >= 11 is 5.75. The molecule has 0 saturated heterocycles. The summed E-state index contributed by atoms with van der Waals surface area (Å²) in [6, 6.07) is 1.44. The molecule has 2 aromatic heterocycles. The number of alkyl halides is 3. The number of allylic oxidation sites excluding steroid dienone is 1. The molecular weight excluding hydrogens is 307 g/mol. The number of aromatic nitrogens is 4. The predicted octanol–water partition coefficient (Wildman–Crippen LogP) is 2.73. The first-order valence-corrected chi connectivity index (χ1v) is 6.07. The molecule has 0 amide bonds. The molecule has 0 unspecified atom stereocenters. The van der Waals surface area contributed by atoms with E-state index in [1.165, 1.54) is 18.3 Å². The number of nitrogens with one attached hydrogen (secondary N) is 1. The Hall–Kier alpha value is -2.22. The van der Waals surface area contributed by atoms with Crippen LogP contribution >= 0.6 is 11.6 Å². The molecule has 1 N–H and O–H groups in total. The van der Waals surface area contributed by atoms with E-state index in [0.717, 1.165) is 17.0 Å². The van der Waals surface area contributed by atoms with E-state index >= 15 is 0 Å². The fraction of sp³-hybridized carbons (Fsp3) is 0.167. The molecule has 0 aliphatic rings. The average Bonchev–Trinajstić information content (AvgIpc) is 2.40. The van der Waals surface area contributed by atoms with Gasteiger partial charge in [-0.25, -0.2) is 15.0 Å². The Labute approximate surface area is 122 Å². The summed E-state index contributed by atoms with van der Waals surface area (Å²) in [5.74, 6) is 0.114. The third-order valence-corrected chi connectivity index (χ3v) is 2.72. The van der Waals surface area contributed by atoms with E-state index < -0.39 is 11.9 Å². The maximum absolute atomic E-state index is 12.7. The molecule has 9 heteroatoms. The Morgan fingerprint density at radius 1 is 1.38 bits per heavy atom. The molecule has 2 heterocycles. The highest BCUT2D eigenvalue weighted by Crippen LogP contribution is 2.27. The van der Waals surface area contributed by atoms with Gasteiger partial charge in [0.2, 0.25) is 0 Å². The molecule has 0 spiro atoms. The van der Waals surface area contributed by atoms with Crippen molar-refractivity contribution in [2.75, 3.05) is 0 Å². The zero-order chi connectivity index (χ0) is 15.6. The van der Waals surface area contributed by atoms with Gasteiger partial charge in [-0.2, -0.15) is 13.2 Å². The second-order valence-electron chi connectivity index (χ2n) is 3.90. The Balaban J connectivity index is 2.61. The standard InChI is InChI=1S/C12H9ClF3N5/c1-2-7(11-18-4-3-9(13)20-11)21-6-8(12(14,15)16)19-5-10(21)17/h2-6,17H,1H3/b7-2-,17-10?. The maximum atomic E-state index is 12.7. The zero-order valence-electron chi connectivity index (χ0n) is 10.7. The van der Waals surface area contributed by atoms with Crippen molar-refractivity contribution >= 4 is 17.3 Å². The quantitative estimate of drug-likeness (QED) is 0.866. The van der Waals surface area contributed by atoms with Crippen molar-refractivity contribution < 1.29 is 13.2 Å². The van der Waals surface area contributed by atoms with Crippen LogP contribution in [0.5, 0.6) is 0 Å². The monoisotopic (exact) mass is 315 g/mol. The van der Waals surface area contributed by atoms with E-state index in [2.05, 4.69) is 15.0 Å². The van der Waals surface area contributed by atoms with Crippen LogP contribution < -0.4 is 5.49 Å². The summed E-state index contributed by atoms with van der Waals surface area (Å²) in [5.41, 5.74) is -1.14. The molecule has 0 fully saturated rings. The molecule has 0 aliphatic carbocycles. The Morgan fingerprint density at radius 2 is 2.10 bits per heavy atom. The lowest BCUT2D eigenvalue weighted by Crippen LogP contribution is -2.24. The second kappa shape index (κ2) is 5.65. The van der Waals surface area contributed by atoms with E-state index in [1.54, 1.807) is 6.92 Å². The van der Waals surface area contributed by atoms with Crippen LogP contribution in [0, 0.1) is 5.41 Å². The summed E-state index contributed by atoms with van der Waals surface area (Å²) in [5, 5.41) is 7.86. The fourth-order valence-electron chi connectivity index (χ4n) is 1.60. The van der Waals surface area contributed by atoms with Gasteiger partial charge in [-0.1, -0.05) is 17.7 Å². The molecule has 2 rings (SSSR count). The minimum atomic E-state index is -4.61. The molecule has 0 aliphatic heterocycles. The molecule has 110 valence electrons. The van der Waals surface area contributed by atoms with Gasteiger partial charge in [0.25, 0.3) is 0 Å². The van der Waals surface area contributed by atoms with Gasteiger partial charge < -0.3 is 0 Å². The van der Waals surface area contributed by atoms with Crippen molar-refractivity contribution in [2.24, 2.45) is 0 Å². The summed E-state index contributed by atoms with van der Waals surface area (Å²) in [7, 11) is 0. The fourth-order valence-corrected chi connectivity index (χ4v) is 1.74. The van der Waals surface area contributed by atoms with Gasteiger partial charge in [-0.3, -0.25) is 9.98 Å². The van der Waals surface area contributed by atoms with E-state index in [9.17, 15) is 13.2 Å². The van der Waals surface area contributed by atoms with Crippen molar-refractivity contribution in [2.45, 2.75) is 13.1 Å². The van der Waals surface area contributed by atoms with Crippen molar-refractivity contribution in [3.8, 4) is 0 Å². The first-order valence-electron chi connectivity index (χ1n) is 5.69. The lowest BCUT2D eigenvalue weighted by Gasteiger charge is -2.13. The molecule has 0 saturated carbocycles. The molecule has 21 heavy (non-hydrogen) atoms. The topological polar surface area (TPSA) is 67.5 Å². The lowest BCUT2D eigenvalue weighted by atomic mass is 10.3. The van der Waals surface area contributed by atoms with E-state index in [0.29, 0.717) is 0 Å². The van der Waals surface area contributed by atoms with Gasteiger partial charge in [0.1, 0.15) is 10.6 Å². The molecule has 0 bridgehead atoms. The van der Waals surface area contributed by atoms with Gasteiger partial charge in [-0.15, -0.1) is 0 Å². The Kier molecular flexibility index (Phi) is 4.08. The van der Waals surface area contributed by atoms with E-state index in [-0.39, 0.29) is 22.2 Å². The first-order chi connectivity index (χ1) is 9.82. The van der Waals surface area contributed by atoms with Crippen LogP contribution in [-0.4, -0.2) is 19.5 Å². The van der Waals surface area contributed by atoms with Crippen molar-refractivity contribution in [1.29, 1.82) is 5.41 Å². The van der Waals surface area contributed by atoms with Gasteiger partial charge in [-0.05, 0) is 13.0 Å². The molecular formula is C12H9ClF3N5. The highest BCUT2D eigenvalue weighted by Gasteiger charge is 2.33. The van der Waals surface area contributed by atoms with Crippen LogP contribution in [0.3, 0.4) is 0 Å². The molecule has 2 aromatic rings. The molecule has 0 aromatic carbocycles. The van der Waals surface area contributed by atoms with Crippen LogP contribution in [-0.2, 0) is 6.18 Å². The summed E-state index contributed by atoms with van der Waals surface area (Å²) < 4.78 is 39.2. The van der Waals surface area contributed by atoms with Gasteiger partial charge in [0, 0.05) is 12.4 Å². The van der Waals surface area contributed by atoms with Crippen molar-refractivity contribution in [3.05, 3.63) is 52.9 Å². The summed E-state index contributed by atoms with van der Waals surface area (Å²) in [6.07, 6.45) is -0.198. The number of nitrogens with zero attached hydrogens (tertiary/aromatic N) is 4. The van der Waals surface area contributed by atoms with Gasteiger partial charge >= 0.3 is 6.18 Å². The summed E-state index contributed by atoms with van der Waals surface area (Å²) in [4.78, 5) is 11.1. The average molecular weight is 316 g/mol. The number of halogens is 4. The maximum Gasteiger partial charge on any atom is 0.434 e. The first kappa shape index (κ1) is 15.2. The normalized spacial score (nSPS) is 12.5. The van der Waals surface area contributed by atoms with E-state index in [4.69, 9.17) is 17.0 Å². The van der Waals surface area contributed by atoms with Crippen LogP contribution in [0.4, 0.5) is 13.2 Å². The molecule has 0 atom stereocenters. The third-order valence-electron chi connectivity index (χ3n) is 2.51. The third kappa shape index (κ3) is 3.27. The van der Waals surface area contributed by atoms with Gasteiger partial charge in [0.15, 0.2) is 11.5 Å². The van der Waals surface area contributed by atoms with Gasteiger partial charge in [0.05, 0.1) is 11.9 Å². The van der Waals surface area contributed by atoms with Crippen molar-refractivity contribution in [1.82, 2.24) is 19.5 Å². The molecule has 0 radical (unpaired) electrons. The highest BCUT2D eigenvalue weighted by atomic mass is 35.5. The highest BCUT2D eigenvalue weighted by molar-refractivity contribution is 6.29. The zero-order valence-corrected chi connectivity index (χ0v) is 11.4. The van der Waals surface area contributed by atoms with Crippen LogP contribution in [0.2, 0.25) is 5.15 Å². The predicted molar refractivity (Wildman–Crippen MR) is 69.2 cm³/mol. The lowest BCUT2D eigenvalue weighted by molar-refractivity contribution is -0.141. The SMILES string of the molecule is C/C=C(/c1nccc(Cl)n1)n1cc(C(F)(F)F)ncc1=N. The minimum Gasteiger partial charge on any atom is -0.295 e. The minimum absolute atomic E-state index is 0.114. The van der Waals surface area contributed by atoms with Crippen LogP contribution in [0.25, 0.3) is 5.70 Å². The number of hydrogen-bond acceptors (Lipinski definition) is 4. The largest absolute Gasteiger partial charge is 0.434 e. The number of hydrogen-bond donors (Lipinski definition) is 1. The summed E-state index contributed by atoms with van der Waals surface area (Å²) in [6.45, 7) is 1.60. The number of rotatable bonds is 2. The smallest absolute Gasteiger partial charge is 0.295 e. The molecule has 5 nitrogen and oxygen atoms in total. The van der Waals surface area contributed by atoms with Crippen LogP contribution in [0.15, 0.2) is 30.7 Å². The Morgan fingerprint density at radius 3 is 2.67 bits per heavy atom. The van der Waals surface area contributed by atoms with E-state index in [1.807, 2.05) is 0 Å². The van der Waals surface area contributed by atoms with Crippen LogP contribution in [0.1, 0.15) is 18.4 Å².